The third kappa shape index (κ3) is 3.22. The lowest BCUT2D eigenvalue weighted by Gasteiger charge is -2.19. The number of phenolic OH excluding ortho intramolecular Hbond substituents is 2. The van der Waals surface area contributed by atoms with Crippen LogP contribution < -0.4 is 5.43 Å². The van der Waals surface area contributed by atoms with E-state index in [9.17, 15) is 30.3 Å². The Labute approximate surface area is 169 Å². The van der Waals surface area contributed by atoms with E-state index in [0.717, 1.165) is 0 Å². The van der Waals surface area contributed by atoms with Crippen molar-refractivity contribution >= 4 is 11.0 Å². The molecule has 1 saturated heterocycles. The highest BCUT2D eigenvalue weighted by atomic mass is 16.6. The van der Waals surface area contributed by atoms with Crippen molar-refractivity contribution in [3.8, 4) is 22.6 Å². The predicted octanol–water partition coefficient (Wildman–Crippen LogP) is 0.386. The predicted molar refractivity (Wildman–Crippen MR) is 104 cm³/mol. The fourth-order valence-corrected chi connectivity index (χ4v) is 3.69. The zero-order valence-corrected chi connectivity index (χ0v) is 15.5. The number of benzene rings is 2. The Kier molecular flexibility index (Phi) is 5.22. The molecule has 158 valence electrons. The van der Waals surface area contributed by atoms with E-state index in [0.29, 0.717) is 5.56 Å². The van der Waals surface area contributed by atoms with Gasteiger partial charge in [0, 0.05) is 0 Å². The number of aromatic hydroxyl groups is 2. The Morgan fingerprint density at radius 1 is 1.00 bits per heavy atom. The molecule has 2 heterocycles. The second-order valence-electron chi connectivity index (χ2n) is 7.15. The fourth-order valence-electron chi connectivity index (χ4n) is 3.69. The van der Waals surface area contributed by atoms with Crippen LogP contribution in [0, 0.1) is 0 Å². The van der Waals surface area contributed by atoms with Gasteiger partial charge in [0.15, 0.2) is 0 Å². The van der Waals surface area contributed by atoms with Crippen LogP contribution in [0.15, 0.2) is 51.9 Å². The van der Waals surface area contributed by atoms with Gasteiger partial charge in [-0.1, -0.05) is 12.1 Å². The van der Waals surface area contributed by atoms with Gasteiger partial charge >= 0.3 is 0 Å². The summed E-state index contributed by atoms with van der Waals surface area (Å²) in [6, 6.07) is 8.57. The highest BCUT2D eigenvalue weighted by Gasteiger charge is 2.48. The third-order valence-corrected chi connectivity index (χ3v) is 5.29. The summed E-state index contributed by atoms with van der Waals surface area (Å²) in [4.78, 5) is 13.0. The maximum absolute atomic E-state index is 13.0. The second-order valence-corrected chi connectivity index (χ2v) is 7.15. The average Bonchev–Trinajstić information content (AvgIpc) is 3.03. The molecule has 4 rings (SSSR count). The lowest BCUT2D eigenvalue weighted by atomic mass is 9.96. The topological polar surface area (TPSA) is 161 Å². The van der Waals surface area contributed by atoms with Gasteiger partial charge < -0.3 is 39.8 Å². The van der Waals surface area contributed by atoms with E-state index in [4.69, 9.17) is 14.3 Å². The minimum Gasteiger partial charge on any atom is -0.508 e. The zero-order valence-electron chi connectivity index (χ0n) is 15.5. The first-order valence-electron chi connectivity index (χ1n) is 9.20. The van der Waals surface area contributed by atoms with Crippen LogP contribution >= 0.6 is 0 Å². The molecule has 30 heavy (non-hydrogen) atoms. The molecule has 1 aromatic heterocycles. The highest BCUT2D eigenvalue weighted by Crippen LogP contribution is 2.42. The van der Waals surface area contributed by atoms with Gasteiger partial charge in [-0.3, -0.25) is 4.79 Å². The van der Waals surface area contributed by atoms with Crippen molar-refractivity contribution in [2.75, 3.05) is 6.61 Å². The Bertz CT molecular complexity index is 1120. The molecule has 0 radical (unpaired) electrons. The van der Waals surface area contributed by atoms with Gasteiger partial charge in [0.25, 0.3) is 0 Å². The van der Waals surface area contributed by atoms with Crippen LogP contribution in [-0.4, -0.2) is 61.7 Å². The summed E-state index contributed by atoms with van der Waals surface area (Å²) in [5, 5.41) is 59.5. The van der Waals surface area contributed by atoms with Gasteiger partial charge in [-0.25, -0.2) is 0 Å². The van der Waals surface area contributed by atoms with E-state index < -0.39 is 42.6 Å². The molecule has 5 unspecified atom stereocenters. The number of hydrogen-bond donors (Lipinski definition) is 6. The molecule has 0 saturated carbocycles. The van der Waals surface area contributed by atoms with Crippen LogP contribution in [0.2, 0.25) is 0 Å². The molecule has 9 nitrogen and oxygen atoms in total. The SMILES string of the molecule is O=c1c(-c2ccc(O)cc2)coc2c(C3OC(C(O)CO)C(O)C3O)c(O)ccc12. The summed E-state index contributed by atoms with van der Waals surface area (Å²) in [6.45, 7) is -0.701. The van der Waals surface area contributed by atoms with E-state index in [2.05, 4.69) is 0 Å². The largest absolute Gasteiger partial charge is 0.508 e. The summed E-state index contributed by atoms with van der Waals surface area (Å²) < 4.78 is 11.2. The highest BCUT2D eigenvalue weighted by molar-refractivity contribution is 5.86. The lowest BCUT2D eigenvalue weighted by molar-refractivity contribution is -0.0822. The maximum Gasteiger partial charge on any atom is 0.200 e. The second kappa shape index (κ2) is 7.71. The van der Waals surface area contributed by atoms with Crippen molar-refractivity contribution in [3.63, 3.8) is 0 Å². The van der Waals surface area contributed by atoms with Crippen LogP contribution in [0.5, 0.6) is 11.5 Å². The first kappa shape index (κ1) is 20.3. The van der Waals surface area contributed by atoms with E-state index in [1.807, 2.05) is 0 Å². The Hall–Kier alpha value is -2.95. The Morgan fingerprint density at radius 2 is 1.70 bits per heavy atom. The summed E-state index contributed by atoms with van der Waals surface area (Å²) in [6.07, 6.45) is -5.95. The molecular weight excluding hydrogens is 396 g/mol. The van der Waals surface area contributed by atoms with Crippen LogP contribution in [0.4, 0.5) is 0 Å². The standard InChI is InChI=1S/C21H20O9/c22-7-14(25)20-17(27)18(28)21(30-20)15-13(24)6-5-11-16(26)12(8-29-19(11)15)9-1-3-10(23)4-2-9/h1-6,8,14,17-18,20-25,27-28H,7H2. The summed E-state index contributed by atoms with van der Waals surface area (Å²) in [5.41, 5.74) is 0.222. The maximum atomic E-state index is 13.0. The molecule has 1 aliphatic rings. The van der Waals surface area contributed by atoms with Crippen LogP contribution in [0.25, 0.3) is 22.1 Å². The molecule has 0 amide bonds. The molecule has 0 aliphatic carbocycles. The molecule has 6 N–H and O–H groups in total. The zero-order chi connectivity index (χ0) is 21.6. The Balaban J connectivity index is 1.84. The van der Waals surface area contributed by atoms with Crippen molar-refractivity contribution in [2.45, 2.75) is 30.5 Å². The van der Waals surface area contributed by atoms with Crippen molar-refractivity contribution in [3.05, 3.63) is 58.4 Å². The van der Waals surface area contributed by atoms with Gasteiger partial charge in [-0.05, 0) is 29.8 Å². The van der Waals surface area contributed by atoms with Gasteiger partial charge in [0.05, 0.1) is 23.1 Å². The molecule has 5 atom stereocenters. The molecule has 9 heteroatoms. The summed E-state index contributed by atoms with van der Waals surface area (Å²) in [5.74, 6) is -0.292. The number of aliphatic hydroxyl groups is 4. The van der Waals surface area contributed by atoms with E-state index in [1.165, 1.54) is 30.5 Å². The first-order chi connectivity index (χ1) is 14.3. The summed E-state index contributed by atoms with van der Waals surface area (Å²) >= 11 is 0. The number of ether oxygens (including phenoxy) is 1. The van der Waals surface area contributed by atoms with Gasteiger partial charge in [-0.15, -0.1) is 0 Å². The molecular formula is C21H20O9. The smallest absolute Gasteiger partial charge is 0.200 e. The van der Waals surface area contributed by atoms with Gasteiger partial charge in [-0.2, -0.15) is 0 Å². The number of rotatable bonds is 4. The normalized spacial score (nSPS) is 24.9. The van der Waals surface area contributed by atoms with E-state index in [1.54, 1.807) is 12.1 Å². The molecule has 1 fully saturated rings. The number of fused-ring (bicyclic) bond motifs is 1. The number of hydrogen-bond acceptors (Lipinski definition) is 9. The van der Waals surface area contributed by atoms with Crippen molar-refractivity contribution < 1.29 is 39.8 Å². The fraction of sp³-hybridized carbons (Fsp3) is 0.286. The number of phenols is 2. The summed E-state index contributed by atoms with van der Waals surface area (Å²) in [7, 11) is 0. The minimum atomic E-state index is -1.55. The van der Waals surface area contributed by atoms with E-state index >= 15 is 0 Å². The monoisotopic (exact) mass is 416 g/mol. The van der Waals surface area contributed by atoms with Crippen LogP contribution in [0.3, 0.4) is 0 Å². The first-order valence-corrected chi connectivity index (χ1v) is 9.20. The van der Waals surface area contributed by atoms with Crippen LogP contribution in [0.1, 0.15) is 11.7 Å². The van der Waals surface area contributed by atoms with Gasteiger partial charge in [0.2, 0.25) is 5.43 Å². The molecule has 0 spiro atoms. The minimum absolute atomic E-state index is 0.0432. The van der Waals surface area contributed by atoms with Gasteiger partial charge in [0.1, 0.15) is 53.9 Å². The number of aliphatic hydroxyl groups excluding tert-OH is 4. The quantitative estimate of drug-likeness (QED) is 0.353. The Morgan fingerprint density at radius 3 is 2.37 bits per heavy atom. The van der Waals surface area contributed by atoms with Crippen molar-refractivity contribution in [1.82, 2.24) is 0 Å². The molecule has 1 aliphatic heterocycles. The molecule has 3 aromatic rings. The lowest BCUT2D eigenvalue weighted by Crippen LogP contribution is -2.40. The van der Waals surface area contributed by atoms with Crippen molar-refractivity contribution in [1.29, 1.82) is 0 Å². The molecule has 2 aromatic carbocycles. The van der Waals surface area contributed by atoms with Crippen LogP contribution in [-0.2, 0) is 4.74 Å². The molecule has 0 bridgehead atoms. The third-order valence-electron chi connectivity index (χ3n) is 5.29. The van der Waals surface area contributed by atoms with Crippen molar-refractivity contribution in [2.24, 2.45) is 0 Å². The van der Waals surface area contributed by atoms with E-state index in [-0.39, 0.29) is 33.6 Å². The average molecular weight is 416 g/mol.